The van der Waals surface area contributed by atoms with Crippen LogP contribution in [0.4, 0.5) is 0 Å². The Labute approximate surface area is 158 Å². The van der Waals surface area contributed by atoms with E-state index in [2.05, 4.69) is 40.5 Å². The zero-order valence-corrected chi connectivity index (χ0v) is 17.5. The summed E-state index contributed by atoms with van der Waals surface area (Å²) in [5.74, 6) is 0. The molecule has 0 atom stereocenters. The van der Waals surface area contributed by atoms with Gasteiger partial charge < -0.3 is 9.80 Å². The molecule has 0 aromatic carbocycles. The number of hydrogen-bond acceptors (Lipinski definition) is 4. The van der Waals surface area contributed by atoms with E-state index in [1.807, 2.05) is 47.9 Å². The van der Waals surface area contributed by atoms with Crippen molar-refractivity contribution in [1.82, 2.24) is 19.8 Å². The first kappa shape index (κ1) is 23.3. The van der Waals surface area contributed by atoms with Crippen molar-refractivity contribution >= 4 is 24.0 Å². The van der Waals surface area contributed by atoms with Crippen LogP contribution in [-0.2, 0) is 13.5 Å². The third kappa shape index (κ3) is 17.6. The molecule has 0 radical (unpaired) electrons. The number of pyridine rings is 2. The molecule has 3 rings (SSSR count). The van der Waals surface area contributed by atoms with Crippen molar-refractivity contribution in [2.75, 3.05) is 27.2 Å². The molecule has 1 fully saturated rings. The molecule has 0 unspecified atom stereocenters. The molecule has 136 valence electrons. The number of nitrogens with zero attached hydrogens (tertiary/aromatic N) is 4. The van der Waals surface area contributed by atoms with Crippen molar-refractivity contribution in [3.05, 3.63) is 67.9 Å². The van der Waals surface area contributed by atoms with Crippen LogP contribution >= 0.6 is 19.4 Å². The number of halogens is 2. The van der Waals surface area contributed by atoms with Gasteiger partial charge in [0.05, 0.1) is 0 Å². The molecule has 1 aliphatic rings. The summed E-state index contributed by atoms with van der Waals surface area (Å²) in [5.41, 5.74) is 0. The number of rotatable bonds is 0. The standard InChI is InChI=1S/C5H11N2.2C5H5N.C2H4.2ClH.Ru/c1-6-3-4-7(2)5-6;2*1-2-4-6-5-3-1;1-2;;;/h5H,3-4H2,1-2H3;2*1-5H;1H,2H3;2*1H;/q-1;;;;;;+2/p-2. The van der Waals surface area contributed by atoms with Crippen molar-refractivity contribution in [2.45, 2.75) is 6.92 Å². The molecule has 1 aliphatic heterocycles. The molecule has 4 nitrogen and oxygen atoms in total. The predicted octanol–water partition coefficient (Wildman–Crippen LogP) is 3.88. The molecule has 0 aliphatic carbocycles. The van der Waals surface area contributed by atoms with Gasteiger partial charge in [0, 0.05) is 24.8 Å². The van der Waals surface area contributed by atoms with E-state index in [9.17, 15) is 0 Å². The average Bonchev–Trinajstić information content (AvgIpc) is 3.02. The first-order chi connectivity index (χ1) is 11.6. The van der Waals surface area contributed by atoms with Crippen LogP contribution in [0.25, 0.3) is 0 Å². The first-order valence-corrected chi connectivity index (χ1v) is 12.8. The maximum atomic E-state index is 5.32. The maximum Gasteiger partial charge on any atom is 0.0267 e. The normalized spacial score (nSPS) is 14.0. The Morgan fingerprint density at radius 2 is 1.17 bits per heavy atom. The van der Waals surface area contributed by atoms with Gasteiger partial charge >= 0.3 is 44.4 Å². The van der Waals surface area contributed by atoms with Gasteiger partial charge in [0.1, 0.15) is 0 Å². The molecule has 3 heterocycles. The topological polar surface area (TPSA) is 32.3 Å². The number of likely N-dealkylation sites (N-methyl/N-ethyl adjacent to an activating group) is 2. The largest absolute Gasteiger partial charge is 0.265 e. The third-order valence-corrected chi connectivity index (χ3v) is 5.07. The molecule has 0 saturated carbocycles. The van der Waals surface area contributed by atoms with E-state index >= 15 is 0 Å². The molecule has 1 saturated heterocycles. The summed E-state index contributed by atoms with van der Waals surface area (Å²) < 4.78 is 1.84. The van der Waals surface area contributed by atoms with Crippen LogP contribution in [0.1, 0.15) is 6.92 Å². The minimum atomic E-state index is -1.36. The van der Waals surface area contributed by atoms with Gasteiger partial charge in [-0.1, -0.05) is 12.1 Å². The van der Waals surface area contributed by atoms with Gasteiger partial charge in [0.15, 0.2) is 0 Å². The van der Waals surface area contributed by atoms with Crippen LogP contribution in [-0.4, -0.2) is 51.6 Å². The first-order valence-electron chi connectivity index (χ1n) is 7.29. The molecule has 2 aromatic heterocycles. The maximum absolute atomic E-state index is 5.32. The Morgan fingerprint density at radius 1 is 0.833 bits per heavy atom. The van der Waals surface area contributed by atoms with E-state index in [-0.39, 0.29) is 0 Å². The number of aromatic nitrogens is 2. The summed E-state index contributed by atoms with van der Waals surface area (Å²) in [7, 11) is 14.8. The molecule has 2 aromatic rings. The van der Waals surface area contributed by atoms with E-state index in [4.69, 9.17) is 19.4 Å². The van der Waals surface area contributed by atoms with Gasteiger partial charge in [0.25, 0.3) is 0 Å². The minimum absolute atomic E-state index is 1.18. The summed E-state index contributed by atoms with van der Waals surface area (Å²) in [6.07, 6.45) is 7.00. The van der Waals surface area contributed by atoms with E-state index in [1.165, 1.54) is 13.1 Å². The Kier molecular flexibility index (Phi) is 16.6. The predicted molar refractivity (Wildman–Crippen MR) is 101 cm³/mol. The van der Waals surface area contributed by atoms with Gasteiger partial charge in [0.2, 0.25) is 0 Å². The summed E-state index contributed by atoms with van der Waals surface area (Å²) in [5, 5.41) is 0. The zero-order valence-electron chi connectivity index (χ0n) is 14.2. The monoisotopic (exact) mass is 457 g/mol. The summed E-state index contributed by atoms with van der Waals surface area (Å²) in [6.45, 7) is 6.34. The summed E-state index contributed by atoms with van der Waals surface area (Å²) in [4.78, 5) is 11.9. The van der Waals surface area contributed by atoms with Crippen molar-refractivity contribution in [2.24, 2.45) is 0 Å². The van der Waals surface area contributed by atoms with E-state index in [1.54, 1.807) is 24.8 Å². The molecule has 0 spiro atoms. The Hall–Kier alpha value is -0.707. The smallest absolute Gasteiger partial charge is 0.0267 e. The van der Waals surface area contributed by atoms with Crippen LogP contribution in [0, 0.1) is 6.67 Å². The molecule has 0 N–H and O–H groups in total. The molecular formula is C17H25Cl2N4Ru-. The van der Waals surface area contributed by atoms with Crippen molar-refractivity contribution in [3.63, 3.8) is 0 Å². The minimum Gasteiger partial charge on any atom is -0.265 e. The number of hydrogen-bond donors (Lipinski definition) is 0. The SMILES string of the molecule is CN1[CH-]N(C)CC1.C[CH]=[Ru]([Cl])[Cl].c1ccncc1.c1ccncc1. The quantitative estimate of drug-likeness (QED) is 0.444. The third-order valence-electron chi connectivity index (χ3n) is 2.49. The van der Waals surface area contributed by atoms with Crippen molar-refractivity contribution < 1.29 is 13.5 Å². The fourth-order valence-electron chi connectivity index (χ4n) is 1.39. The molecule has 7 heteroatoms. The fourth-order valence-corrected chi connectivity index (χ4v) is 1.39. The zero-order chi connectivity index (χ0) is 18.0. The van der Waals surface area contributed by atoms with Crippen LogP contribution in [0.5, 0.6) is 0 Å². The molecular weight excluding hydrogens is 432 g/mol. The molecule has 0 amide bonds. The Balaban J connectivity index is 0.000000296. The molecule has 24 heavy (non-hydrogen) atoms. The van der Waals surface area contributed by atoms with Crippen LogP contribution in [0.15, 0.2) is 61.2 Å². The molecule has 0 bridgehead atoms. The van der Waals surface area contributed by atoms with Crippen LogP contribution in [0.3, 0.4) is 0 Å². The second-order valence-corrected chi connectivity index (χ2v) is 10.8. The second-order valence-electron chi connectivity index (χ2n) is 4.53. The van der Waals surface area contributed by atoms with Gasteiger partial charge in [-0.05, 0) is 51.5 Å². The van der Waals surface area contributed by atoms with Crippen LogP contribution < -0.4 is 0 Å². The van der Waals surface area contributed by atoms with E-state index in [0.29, 0.717) is 0 Å². The van der Waals surface area contributed by atoms with E-state index < -0.39 is 13.5 Å². The fraction of sp³-hybridized carbons (Fsp3) is 0.294. The van der Waals surface area contributed by atoms with Gasteiger partial charge in [-0.25, -0.2) is 6.67 Å². The van der Waals surface area contributed by atoms with E-state index in [0.717, 1.165) is 0 Å². The van der Waals surface area contributed by atoms with Gasteiger partial charge in [-0.15, -0.1) is 0 Å². The van der Waals surface area contributed by atoms with Gasteiger partial charge in [-0.3, -0.25) is 9.97 Å². The van der Waals surface area contributed by atoms with Crippen LogP contribution in [0.2, 0.25) is 0 Å². The summed E-state index contributed by atoms with van der Waals surface area (Å²) >= 11 is -1.36. The second kappa shape index (κ2) is 17.1. The summed E-state index contributed by atoms with van der Waals surface area (Å²) in [6, 6.07) is 11.4. The Morgan fingerprint density at radius 3 is 1.25 bits per heavy atom. The van der Waals surface area contributed by atoms with Crippen molar-refractivity contribution in [1.29, 1.82) is 0 Å². The average molecular weight is 457 g/mol. The van der Waals surface area contributed by atoms with Crippen molar-refractivity contribution in [3.8, 4) is 0 Å². The van der Waals surface area contributed by atoms with Gasteiger partial charge in [-0.2, -0.15) is 0 Å². The Bertz CT molecular complexity index is 418.